The van der Waals surface area contributed by atoms with Crippen LogP contribution in [0.15, 0.2) is 42.6 Å². The lowest BCUT2D eigenvalue weighted by Gasteiger charge is -2.31. The van der Waals surface area contributed by atoms with E-state index in [-0.39, 0.29) is 24.1 Å². The SMILES string of the molecule is CCC(C)N(CC(=O)N(CCOC)Cc1cccn1C)C(=O)c1ccccc1F. The highest BCUT2D eigenvalue weighted by Gasteiger charge is 2.27. The quantitative estimate of drug-likeness (QED) is 0.613. The number of halogens is 1. The first-order valence-corrected chi connectivity index (χ1v) is 9.81. The van der Waals surface area contributed by atoms with Gasteiger partial charge in [0.2, 0.25) is 5.91 Å². The second-order valence-corrected chi connectivity index (χ2v) is 7.09. The van der Waals surface area contributed by atoms with Crippen molar-refractivity contribution in [2.24, 2.45) is 7.05 Å². The van der Waals surface area contributed by atoms with E-state index in [4.69, 9.17) is 4.74 Å². The molecule has 1 unspecified atom stereocenters. The molecule has 0 saturated carbocycles. The maximum absolute atomic E-state index is 14.2. The average molecular weight is 403 g/mol. The lowest BCUT2D eigenvalue weighted by atomic mass is 10.1. The second-order valence-electron chi connectivity index (χ2n) is 7.09. The van der Waals surface area contributed by atoms with E-state index in [9.17, 15) is 14.0 Å². The van der Waals surface area contributed by atoms with E-state index in [1.807, 2.05) is 43.8 Å². The van der Waals surface area contributed by atoms with Crippen molar-refractivity contribution in [3.63, 3.8) is 0 Å². The summed E-state index contributed by atoms with van der Waals surface area (Å²) in [7, 11) is 3.50. The second kappa shape index (κ2) is 10.8. The maximum atomic E-state index is 14.2. The Hall–Kier alpha value is -2.67. The molecule has 2 amide bonds. The molecular weight excluding hydrogens is 373 g/mol. The molecule has 29 heavy (non-hydrogen) atoms. The zero-order chi connectivity index (χ0) is 21.4. The number of aromatic nitrogens is 1. The first-order chi connectivity index (χ1) is 13.9. The van der Waals surface area contributed by atoms with Crippen LogP contribution >= 0.6 is 0 Å². The van der Waals surface area contributed by atoms with Crippen LogP contribution in [0.25, 0.3) is 0 Å². The molecule has 0 aliphatic carbocycles. The van der Waals surface area contributed by atoms with E-state index in [0.717, 1.165) is 5.69 Å². The maximum Gasteiger partial charge on any atom is 0.257 e. The molecule has 0 fully saturated rings. The molecule has 2 aromatic rings. The van der Waals surface area contributed by atoms with Crippen LogP contribution in [-0.4, -0.2) is 59.0 Å². The van der Waals surface area contributed by atoms with Crippen LogP contribution in [0.1, 0.15) is 36.3 Å². The molecule has 0 radical (unpaired) electrons. The Kier molecular flexibility index (Phi) is 8.39. The molecule has 1 atom stereocenters. The number of nitrogens with zero attached hydrogens (tertiary/aromatic N) is 3. The van der Waals surface area contributed by atoms with Crippen LogP contribution in [0.4, 0.5) is 4.39 Å². The fourth-order valence-electron chi connectivity index (χ4n) is 3.03. The van der Waals surface area contributed by atoms with Gasteiger partial charge in [-0.25, -0.2) is 4.39 Å². The minimum absolute atomic E-state index is 0.0218. The van der Waals surface area contributed by atoms with E-state index in [0.29, 0.717) is 26.1 Å². The van der Waals surface area contributed by atoms with Crippen molar-refractivity contribution in [3.05, 3.63) is 59.7 Å². The zero-order valence-electron chi connectivity index (χ0n) is 17.6. The van der Waals surface area contributed by atoms with Crippen molar-refractivity contribution in [2.45, 2.75) is 32.9 Å². The van der Waals surface area contributed by atoms with Gasteiger partial charge in [-0.2, -0.15) is 0 Å². The smallest absolute Gasteiger partial charge is 0.257 e. The fourth-order valence-corrected chi connectivity index (χ4v) is 3.03. The van der Waals surface area contributed by atoms with Crippen molar-refractivity contribution in [1.29, 1.82) is 0 Å². The third-order valence-corrected chi connectivity index (χ3v) is 5.12. The summed E-state index contributed by atoms with van der Waals surface area (Å²) in [6.07, 6.45) is 2.57. The number of carbonyl (C=O) groups excluding carboxylic acids is 2. The van der Waals surface area contributed by atoms with E-state index in [1.165, 1.54) is 23.1 Å². The van der Waals surface area contributed by atoms with Gasteiger partial charge in [0.25, 0.3) is 5.91 Å². The first-order valence-electron chi connectivity index (χ1n) is 9.81. The van der Waals surface area contributed by atoms with Gasteiger partial charge in [-0.3, -0.25) is 9.59 Å². The fraction of sp³-hybridized carbons (Fsp3) is 0.455. The number of amides is 2. The summed E-state index contributed by atoms with van der Waals surface area (Å²) in [6.45, 7) is 4.89. The summed E-state index contributed by atoms with van der Waals surface area (Å²) in [5, 5.41) is 0. The number of carbonyl (C=O) groups is 2. The van der Waals surface area contributed by atoms with Crippen molar-refractivity contribution in [2.75, 3.05) is 26.8 Å². The summed E-state index contributed by atoms with van der Waals surface area (Å²) in [6, 6.07) is 9.52. The Morgan fingerprint density at radius 1 is 1.21 bits per heavy atom. The van der Waals surface area contributed by atoms with Gasteiger partial charge in [0.1, 0.15) is 12.4 Å². The molecule has 1 aromatic carbocycles. The summed E-state index contributed by atoms with van der Waals surface area (Å²) in [5.41, 5.74) is 0.955. The molecule has 0 spiro atoms. The molecule has 0 aliphatic rings. The van der Waals surface area contributed by atoms with Gasteiger partial charge >= 0.3 is 0 Å². The van der Waals surface area contributed by atoms with E-state index in [2.05, 4.69) is 0 Å². The molecule has 6 nitrogen and oxygen atoms in total. The van der Waals surface area contributed by atoms with Gasteiger partial charge < -0.3 is 19.1 Å². The van der Waals surface area contributed by atoms with E-state index < -0.39 is 11.7 Å². The summed E-state index contributed by atoms with van der Waals surface area (Å²) in [5.74, 6) is -1.26. The number of benzene rings is 1. The van der Waals surface area contributed by atoms with Crippen LogP contribution in [0, 0.1) is 5.82 Å². The van der Waals surface area contributed by atoms with Gasteiger partial charge in [0.15, 0.2) is 0 Å². The largest absolute Gasteiger partial charge is 0.383 e. The monoisotopic (exact) mass is 403 g/mol. The standard InChI is InChI=1S/C22H30FN3O3/c1-5-17(2)26(22(28)19-10-6-7-11-20(19)23)16-21(27)25(13-14-29-4)15-18-9-8-12-24(18)3/h6-12,17H,5,13-16H2,1-4H3. The molecule has 2 rings (SSSR count). The Bertz CT molecular complexity index is 821. The zero-order valence-corrected chi connectivity index (χ0v) is 17.6. The third kappa shape index (κ3) is 5.90. The Balaban J connectivity index is 2.22. The third-order valence-electron chi connectivity index (χ3n) is 5.12. The van der Waals surface area contributed by atoms with Crippen LogP contribution in [-0.2, 0) is 23.1 Å². The number of hydrogen-bond donors (Lipinski definition) is 0. The average Bonchev–Trinajstić information content (AvgIpc) is 3.12. The van der Waals surface area contributed by atoms with Crippen LogP contribution < -0.4 is 0 Å². The summed E-state index contributed by atoms with van der Waals surface area (Å²) in [4.78, 5) is 29.2. The minimum Gasteiger partial charge on any atom is -0.383 e. The highest BCUT2D eigenvalue weighted by molar-refractivity contribution is 5.97. The molecule has 0 N–H and O–H groups in total. The van der Waals surface area contributed by atoms with Gasteiger partial charge in [-0.05, 0) is 37.6 Å². The molecule has 7 heteroatoms. The molecule has 0 saturated heterocycles. The molecule has 1 aromatic heterocycles. The van der Waals surface area contributed by atoms with Crippen LogP contribution in [0.3, 0.4) is 0 Å². The summed E-state index contributed by atoms with van der Waals surface area (Å²) >= 11 is 0. The van der Waals surface area contributed by atoms with Crippen molar-refractivity contribution < 1.29 is 18.7 Å². The minimum atomic E-state index is -0.585. The molecule has 158 valence electrons. The van der Waals surface area contributed by atoms with Gasteiger partial charge in [-0.15, -0.1) is 0 Å². The van der Waals surface area contributed by atoms with Crippen molar-refractivity contribution in [1.82, 2.24) is 14.4 Å². The molecular formula is C22H30FN3O3. The van der Waals surface area contributed by atoms with Gasteiger partial charge in [-0.1, -0.05) is 19.1 Å². The van der Waals surface area contributed by atoms with Gasteiger partial charge in [0, 0.05) is 38.6 Å². The lowest BCUT2D eigenvalue weighted by molar-refractivity contribution is -0.133. The topological polar surface area (TPSA) is 54.8 Å². The Labute approximate surface area is 171 Å². The van der Waals surface area contributed by atoms with Gasteiger partial charge in [0.05, 0.1) is 18.7 Å². The van der Waals surface area contributed by atoms with Crippen molar-refractivity contribution in [3.8, 4) is 0 Å². The number of ether oxygens (including phenoxy) is 1. The van der Waals surface area contributed by atoms with Crippen LogP contribution in [0.2, 0.25) is 0 Å². The highest BCUT2D eigenvalue weighted by atomic mass is 19.1. The number of rotatable bonds is 10. The van der Waals surface area contributed by atoms with E-state index >= 15 is 0 Å². The number of aryl methyl sites for hydroxylation is 1. The van der Waals surface area contributed by atoms with E-state index in [1.54, 1.807) is 18.1 Å². The number of methoxy groups -OCH3 is 1. The Morgan fingerprint density at radius 2 is 1.93 bits per heavy atom. The predicted octanol–water partition coefficient (Wildman–Crippen LogP) is 3.08. The summed E-state index contributed by atoms with van der Waals surface area (Å²) < 4.78 is 21.3. The first kappa shape index (κ1) is 22.6. The lowest BCUT2D eigenvalue weighted by Crippen LogP contribution is -2.47. The molecule has 1 heterocycles. The normalized spacial score (nSPS) is 11.9. The molecule has 0 bridgehead atoms. The number of hydrogen-bond acceptors (Lipinski definition) is 3. The molecule has 0 aliphatic heterocycles. The van der Waals surface area contributed by atoms with Crippen molar-refractivity contribution >= 4 is 11.8 Å². The highest BCUT2D eigenvalue weighted by Crippen LogP contribution is 2.15. The Morgan fingerprint density at radius 3 is 2.52 bits per heavy atom. The predicted molar refractivity (Wildman–Crippen MR) is 110 cm³/mol. The van der Waals surface area contributed by atoms with Crippen LogP contribution in [0.5, 0.6) is 0 Å².